The van der Waals surface area contributed by atoms with Crippen molar-refractivity contribution >= 4 is 5.97 Å². The van der Waals surface area contributed by atoms with Crippen molar-refractivity contribution < 1.29 is 9.53 Å². The Hall–Kier alpha value is -0.570. The summed E-state index contributed by atoms with van der Waals surface area (Å²) < 4.78 is 4.99. The number of hydrogen-bond donors (Lipinski definition) is 1. The molecule has 1 aliphatic carbocycles. The number of esters is 1. The van der Waals surface area contributed by atoms with Crippen molar-refractivity contribution in [2.75, 3.05) is 6.61 Å². The van der Waals surface area contributed by atoms with E-state index in [1.807, 2.05) is 6.92 Å². The van der Waals surface area contributed by atoms with Crippen LogP contribution in [-0.4, -0.2) is 24.7 Å². The monoisotopic (exact) mass is 183 g/mol. The van der Waals surface area contributed by atoms with Crippen molar-refractivity contribution in [1.82, 2.24) is 5.32 Å². The van der Waals surface area contributed by atoms with Crippen LogP contribution >= 0.6 is 0 Å². The van der Waals surface area contributed by atoms with Gasteiger partial charge in [0, 0.05) is 6.04 Å². The van der Waals surface area contributed by atoms with E-state index in [4.69, 9.17) is 4.74 Å². The highest BCUT2D eigenvalue weighted by Gasteiger charge is 2.40. The summed E-state index contributed by atoms with van der Waals surface area (Å²) in [4.78, 5) is 11.4. The third-order valence-electron chi connectivity index (χ3n) is 3.18. The maximum absolute atomic E-state index is 11.4. The number of rotatable bonds is 2. The van der Waals surface area contributed by atoms with Crippen molar-refractivity contribution in [1.29, 1.82) is 0 Å². The smallest absolute Gasteiger partial charge is 0.323 e. The average molecular weight is 183 g/mol. The maximum atomic E-state index is 11.4. The summed E-state index contributed by atoms with van der Waals surface area (Å²) in [6.07, 6.45) is 4.83. The molecule has 1 N–H and O–H groups in total. The highest BCUT2D eigenvalue weighted by atomic mass is 16.5. The average Bonchev–Trinajstić information content (AvgIpc) is 2.61. The number of hydrogen-bond acceptors (Lipinski definition) is 3. The zero-order valence-corrected chi connectivity index (χ0v) is 8.08. The van der Waals surface area contributed by atoms with E-state index in [2.05, 4.69) is 5.32 Å². The second-order valence-corrected chi connectivity index (χ2v) is 4.00. The summed E-state index contributed by atoms with van der Waals surface area (Å²) in [5, 5.41) is 3.36. The second-order valence-electron chi connectivity index (χ2n) is 4.00. The summed E-state index contributed by atoms with van der Waals surface area (Å²) in [6.45, 7) is 2.35. The van der Waals surface area contributed by atoms with Gasteiger partial charge in [-0.25, -0.2) is 0 Å². The van der Waals surface area contributed by atoms with Gasteiger partial charge in [0.15, 0.2) is 0 Å². The number of fused-ring (bicyclic) bond motifs is 1. The Labute approximate surface area is 78.8 Å². The summed E-state index contributed by atoms with van der Waals surface area (Å²) >= 11 is 0. The standard InChI is InChI=1S/C10H17NO2/c1-2-13-10(12)9-6-7-4-3-5-8(7)11-9/h7-9,11H,2-6H2,1H3/t7?,8?,9-/m0/s1. The second kappa shape index (κ2) is 3.66. The SMILES string of the molecule is CCOC(=O)[C@@H]1CC2CCCC2N1. The summed E-state index contributed by atoms with van der Waals surface area (Å²) in [5.74, 6) is 0.673. The first-order chi connectivity index (χ1) is 6.31. The highest BCUT2D eigenvalue weighted by Crippen LogP contribution is 2.34. The van der Waals surface area contributed by atoms with Crippen LogP contribution in [0.5, 0.6) is 0 Å². The molecule has 0 amide bonds. The van der Waals surface area contributed by atoms with E-state index in [0.29, 0.717) is 12.6 Å². The van der Waals surface area contributed by atoms with Crippen LogP contribution in [0.2, 0.25) is 0 Å². The lowest BCUT2D eigenvalue weighted by atomic mass is 10.0. The maximum Gasteiger partial charge on any atom is 0.323 e. The molecule has 3 atom stereocenters. The summed E-state index contributed by atoms with van der Waals surface area (Å²) in [6, 6.07) is 0.574. The summed E-state index contributed by atoms with van der Waals surface area (Å²) in [7, 11) is 0. The van der Waals surface area contributed by atoms with Gasteiger partial charge in [0.25, 0.3) is 0 Å². The van der Waals surface area contributed by atoms with E-state index in [0.717, 1.165) is 12.3 Å². The molecule has 2 aliphatic rings. The molecule has 1 saturated carbocycles. The van der Waals surface area contributed by atoms with Gasteiger partial charge >= 0.3 is 5.97 Å². The fourth-order valence-corrected chi connectivity index (χ4v) is 2.57. The third-order valence-corrected chi connectivity index (χ3v) is 3.18. The van der Waals surface area contributed by atoms with Crippen LogP contribution in [0.1, 0.15) is 32.6 Å². The molecule has 0 bridgehead atoms. The van der Waals surface area contributed by atoms with Gasteiger partial charge in [-0.15, -0.1) is 0 Å². The Morgan fingerprint density at radius 1 is 1.54 bits per heavy atom. The van der Waals surface area contributed by atoms with E-state index < -0.39 is 0 Å². The fourth-order valence-electron chi connectivity index (χ4n) is 2.57. The van der Waals surface area contributed by atoms with Gasteiger partial charge in [0.1, 0.15) is 6.04 Å². The van der Waals surface area contributed by atoms with Gasteiger partial charge in [-0.2, -0.15) is 0 Å². The van der Waals surface area contributed by atoms with Gasteiger partial charge in [0.2, 0.25) is 0 Å². The predicted molar refractivity (Wildman–Crippen MR) is 49.3 cm³/mol. The minimum absolute atomic E-state index is 0.0183. The van der Waals surface area contributed by atoms with Crippen LogP contribution < -0.4 is 5.32 Å². The molecular weight excluding hydrogens is 166 g/mol. The lowest BCUT2D eigenvalue weighted by Crippen LogP contribution is -2.36. The minimum Gasteiger partial charge on any atom is -0.465 e. The Bertz CT molecular complexity index is 193. The van der Waals surface area contributed by atoms with Crippen molar-refractivity contribution in [3.05, 3.63) is 0 Å². The number of carbonyl (C=O) groups is 1. The molecule has 2 fully saturated rings. The van der Waals surface area contributed by atoms with E-state index in [1.54, 1.807) is 0 Å². The summed E-state index contributed by atoms with van der Waals surface area (Å²) in [5.41, 5.74) is 0. The number of ether oxygens (including phenoxy) is 1. The van der Waals surface area contributed by atoms with Crippen LogP contribution in [0.15, 0.2) is 0 Å². The molecule has 3 heteroatoms. The van der Waals surface area contributed by atoms with Crippen LogP contribution in [-0.2, 0) is 9.53 Å². The van der Waals surface area contributed by atoms with Crippen molar-refractivity contribution in [3.63, 3.8) is 0 Å². The van der Waals surface area contributed by atoms with E-state index in [1.165, 1.54) is 19.3 Å². The van der Waals surface area contributed by atoms with E-state index in [9.17, 15) is 4.79 Å². The fraction of sp³-hybridized carbons (Fsp3) is 0.900. The zero-order valence-electron chi connectivity index (χ0n) is 8.08. The minimum atomic E-state index is -0.0584. The molecule has 0 aromatic heterocycles. The lowest BCUT2D eigenvalue weighted by molar-refractivity contribution is -0.145. The molecular formula is C10H17NO2. The molecule has 1 aliphatic heterocycles. The van der Waals surface area contributed by atoms with Crippen LogP contribution in [0.3, 0.4) is 0 Å². The lowest BCUT2D eigenvalue weighted by Gasteiger charge is -2.11. The Kier molecular flexibility index (Phi) is 2.54. The Morgan fingerprint density at radius 2 is 2.38 bits per heavy atom. The molecule has 2 unspecified atom stereocenters. The first kappa shape index (κ1) is 9.00. The molecule has 0 aromatic carbocycles. The quantitative estimate of drug-likeness (QED) is 0.651. The third kappa shape index (κ3) is 1.70. The first-order valence-corrected chi connectivity index (χ1v) is 5.24. The van der Waals surface area contributed by atoms with Crippen molar-refractivity contribution in [3.8, 4) is 0 Å². The molecule has 2 rings (SSSR count). The van der Waals surface area contributed by atoms with Gasteiger partial charge in [-0.1, -0.05) is 6.42 Å². The van der Waals surface area contributed by atoms with Crippen LogP contribution in [0, 0.1) is 5.92 Å². The molecule has 3 nitrogen and oxygen atoms in total. The topological polar surface area (TPSA) is 38.3 Å². The molecule has 0 spiro atoms. The molecule has 1 heterocycles. The van der Waals surface area contributed by atoms with Gasteiger partial charge < -0.3 is 10.1 Å². The largest absolute Gasteiger partial charge is 0.465 e. The van der Waals surface area contributed by atoms with Crippen molar-refractivity contribution in [2.24, 2.45) is 5.92 Å². The molecule has 1 saturated heterocycles. The van der Waals surface area contributed by atoms with Gasteiger partial charge in [0.05, 0.1) is 6.61 Å². The van der Waals surface area contributed by atoms with E-state index >= 15 is 0 Å². The Balaban J connectivity index is 1.87. The first-order valence-electron chi connectivity index (χ1n) is 5.24. The van der Waals surface area contributed by atoms with E-state index in [-0.39, 0.29) is 12.0 Å². The molecule has 74 valence electrons. The normalized spacial score (nSPS) is 37.5. The molecule has 0 radical (unpaired) electrons. The molecule has 13 heavy (non-hydrogen) atoms. The van der Waals surface area contributed by atoms with Gasteiger partial charge in [-0.05, 0) is 32.1 Å². The molecule has 0 aromatic rings. The number of carbonyl (C=O) groups excluding carboxylic acids is 1. The van der Waals surface area contributed by atoms with Crippen LogP contribution in [0.4, 0.5) is 0 Å². The zero-order chi connectivity index (χ0) is 9.26. The number of nitrogens with one attached hydrogen (secondary N) is 1. The Morgan fingerprint density at radius 3 is 3.08 bits per heavy atom. The van der Waals surface area contributed by atoms with Crippen molar-refractivity contribution in [2.45, 2.75) is 44.7 Å². The van der Waals surface area contributed by atoms with Crippen LogP contribution in [0.25, 0.3) is 0 Å². The van der Waals surface area contributed by atoms with Gasteiger partial charge in [-0.3, -0.25) is 4.79 Å². The highest BCUT2D eigenvalue weighted by molar-refractivity contribution is 5.76. The predicted octanol–water partition coefficient (Wildman–Crippen LogP) is 1.08.